The van der Waals surface area contributed by atoms with Gasteiger partial charge in [0, 0.05) is 39.0 Å². The van der Waals surface area contributed by atoms with E-state index in [2.05, 4.69) is 28.7 Å². The Balaban J connectivity index is 0.000000673. The lowest BCUT2D eigenvalue weighted by atomic mass is 9.98. The van der Waals surface area contributed by atoms with Gasteiger partial charge in [0.05, 0.1) is 22.8 Å². The molecule has 0 fully saturated rings. The molecule has 8 heteroatoms. The summed E-state index contributed by atoms with van der Waals surface area (Å²) in [7, 11) is 4.06. The van der Waals surface area contributed by atoms with E-state index >= 15 is 0 Å². The van der Waals surface area contributed by atoms with Gasteiger partial charge in [0.15, 0.2) is 0 Å². The van der Waals surface area contributed by atoms with Crippen molar-refractivity contribution in [3.63, 3.8) is 0 Å². The normalized spacial score (nSPS) is 19.2. The summed E-state index contributed by atoms with van der Waals surface area (Å²) in [6.45, 7) is 9.39. The number of aromatic nitrogens is 2. The molecule has 7 nitrogen and oxygen atoms in total. The quantitative estimate of drug-likeness (QED) is 0.658. The molecule has 1 aromatic rings. The summed E-state index contributed by atoms with van der Waals surface area (Å²) < 4.78 is 1.81. The Morgan fingerprint density at radius 3 is 2.53 bits per heavy atom. The monoisotopic (exact) mass is 436 g/mol. The molecule has 0 aromatic carbocycles. The van der Waals surface area contributed by atoms with Gasteiger partial charge in [0.25, 0.3) is 11.5 Å². The van der Waals surface area contributed by atoms with Crippen LogP contribution in [-0.4, -0.2) is 51.2 Å². The van der Waals surface area contributed by atoms with Gasteiger partial charge in [0.1, 0.15) is 5.37 Å². The van der Waals surface area contributed by atoms with Crippen molar-refractivity contribution in [3.05, 3.63) is 34.1 Å². The first-order chi connectivity index (χ1) is 14.3. The number of thioether (sulfide) groups is 1. The number of hydrogen-bond donors (Lipinski definition) is 1. The minimum absolute atomic E-state index is 0.0360. The number of allylic oxidation sites excluding steroid dienone is 1. The second-order valence-corrected chi connectivity index (χ2v) is 8.43. The first kappa shape index (κ1) is 25.9. The molecule has 30 heavy (non-hydrogen) atoms. The highest BCUT2D eigenvalue weighted by Crippen LogP contribution is 2.48. The standard InChI is InChI=1S/C18H26N4OS.C2H4O2.C2H6/c1-5-6-7-8-12(2)22-11-20-15-14-13(21(3)4)9-10-19-17(14)24-16(15)18(22)23;1-2(3)4;1-2/h9-12,14,17H,5-8H2,1-4H3;1H3,(H,3,4);1-2H3. The van der Waals surface area contributed by atoms with Crippen LogP contribution in [-0.2, 0) is 4.79 Å². The van der Waals surface area contributed by atoms with E-state index in [-0.39, 0.29) is 22.9 Å². The molecule has 1 N–H and O–H groups in total. The number of rotatable bonds is 6. The van der Waals surface area contributed by atoms with E-state index in [0.717, 1.165) is 30.4 Å². The fraction of sp³-hybridized carbons (Fsp3) is 0.636. The van der Waals surface area contributed by atoms with E-state index in [0.29, 0.717) is 0 Å². The Morgan fingerprint density at radius 1 is 1.33 bits per heavy atom. The zero-order valence-electron chi connectivity index (χ0n) is 19.3. The maximum atomic E-state index is 13.0. The third-order valence-electron chi connectivity index (χ3n) is 4.81. The van der Waals surface area contributed by atoms with Crippen LogP contribution < -0.4 is 5.56 Å². The van der Waals surface area contributed by atoms with Gasteiger partial charge >= 0.3 is 0 Å². The van der Waals surface area contributed by atoms with E-state index in [1.54, 1.807) is 18.1 Å². The van der Waals surface area contributed by atoms with Crippen LogP contribution in [0.1, 0.15) is 78.0 Å². The second-order valence-electron chi connectivity index (χ2n) is 7.31. The highest BCUT2D eigenvalue weighted by molar-refractivity contribution is 8.00. The van der Waals surface area contributed by atoms with Crippen molar-refractivity contribution in [2.24, 2.45) is 4.99 Å². The molecule has 0 saturated carbocycles. The van der Waals surface area contributed by atoms with Crippen LogP contribution >= 0.6 is 11.8 Å². The number of nitrogens with zero attached hydrogens (tertiary/aromatic N) is 4. The van der Waals surface area contributed by atoms with Crippen LogP contribution in [0.25, 0.3) is 0 Å². The van der Waals surface area contributed by atoms with Gasteiger partial charge in [-0.25, -0.2) is 4.98 Å². The van der Waals surface area contributed by atoms with Crippen molar-refractivity contribution in [2.75, 3.05) is 14.1 Å². The zero-order chi connectivity index (χ0) is 22.8. The van der Waals surface area contributed by atoms with Gasteiger partial charge in [-0.1, -0.05) is 51.8 Å². The average Bonchev–Trinajstić information content (AvgIpc) is 3.09. The Bertz CT molecular complexity index is 813. The minimum atomic E-state index is -0.833. The molecule has 1 aromatic heterocycles. The summed E-state index contributed by atoms with van der Waals surface area (Å²) in [6.07, 6.45) is 10.2. The molecule has 0 bridgehead atoms. The summed E-state index contributed by atoms with van der Waals surface area (Å²) in [6, 6.07) is 0.192. The molecule has 3 heterocycles. The molecule has 168 valence electrons. The molecule has 0 spiro atoms. The van der Waals surface area contributed by atoms with Crippen molar-refractivity contribution in [1.29, 1.82) is 0 Å². The number of hydrogen-bond acceptors (Lipinski definition) is 6. The van der Waals surface area contributed by atoms with E-state index < -0.39 is 5.97 Å². The lowest BCUT2D eigenvalue weighted by Gasteiger charge is -2.27. The second kappa shape index (κ2) is 12.6. The summed E-state index contributed by atoms with van der Waals surface area (Å²) in [5, 5.41) is 7.45. The molecule has 3 unspecified atom stereocenters. The minimum Gasteiger partial charge on any atom is -0.481 e. The highest BCUT2D eigenvalue weighted by atomic mass is 32.2. The van der Waals surface area contributed by atoms with Gasteiger partial charge in [-0.05, 0) is 19.4 Å². The van der Waals surface area contributed by atoms with Gasteiger partial charge < -0.3 is 10.0 Å². The summed E-state index contributed by atoms with van der Waals surface area (Å²) in [5.74, 6) is -0.747. The smallest absolute Gasteiger partial charge is 0.300 e. The van der Waals surface area contributed by atoms with Gasteiger partial charge in [0.2, 0.25) is 0 Å². The van der Waals surface area contributed by atoms with Crippen LogP contribution in [0.2, 0.25) is 0 Å². The molecule has 0 radical (unpaired) electrons. The zero-order valence-corrected chi connectivity index (χ0v) is 20.1. The number of carbonyl (C=O) groups is 1. The summed E-state index contributed by atoms with van der Waals surface area (Å²) >= 11 is 1.57. The van der Waals surface area contributed by atoms with Gasteiger partial charge in [-0.3, -0.25) is 19.1 Å². The van der Waals surface area contributed by atoms with Crippen molar-refractivity contribution in [2.45, 2.75) is 82.5 Å². The molecule has 3 rings (SSSR count). The first-order valence-electron chi connectivity index (χ1n) is 10.7. The molecule has 0 saturated heterocycles. The lowest BCUT2D eigenvalue weighted by Crippen LogP contribution is -2.27. The number of carboxylic acid groups (broad SMARTS) is 1. The van der Waals surface area contributed by atoms with Crippen molar-refractivity contribution < 1.29 is 9.90 Å². The molecular weight excluding hydrogens is 400 g/mol. The Hall–Kier alpha value is -2.09. The predicted molar refractivity (Wildman–Crippen MR) is 125 cm³/mol. The molecule has 2 aliphatic rings. The van der Waals surface area contributed by atoms with Crippen LogP contribution in [0, 0.1) is 0 Å². The molecule has 2 aliphatic heterocycles. The molecule has 0 aliphatic carbocycles. The highest BCUT2D eigenvalue weighted by Gasteiger charge is 2.41. The third-order valence-corrected chi connectivity index (χ3v) is 6.07. The van der Waals surface area contributed by atoms with Crippen molar-refractivity contribution >= 4 is 23.9 Å². The summed E-state index contributed by atoms with van der Waals surface area (Å²) in [4.78, 5) is 34.1. The van der Waals surface area contributed by atoms with E-state index in [1.807, 2.05) is 44.8 Å². The molecule has 3 atom stereocenters. The van der Waals surface area contributed by atoms with Crippen LogP contribution in [0.3, 0.4) is 0 Å². The number of dihydropyridines is 1. The van der Waals surface area contributed by atoms with Gasteiger partial charge in [-0.2, -0.15) is 0 Å². The number of likely N-dealkylation sites (N-methyl/N-ethyl adjacent to an activating group) is 1. The van der Waals surface area contributed by atoms with E-state index in [9.17, 15) is 4.79 Å². The van der Waals surface area contributed by atoms with Crippen LogP contribution in [0.15, 0.2) is 32.8 Å². The SMILES string of the molecule is CC.CC(=O)O.CCCCCC(C)n1cnc2c(c1=O)SC1N=CC=C(N(C)C)C21. The molecular formula is C22H36N4O3S. The summed E-state index contributed by atoms with van der Waals surface area (Å²) in [5.41, 5.74) is 2.16. The first-order valence-corrected chi connectivity index (χ1v) is 11.5. The van der Waals surface area contributed by atoms with Crippen LogP contribution in [0.4, 0.5) is 0 Å². The van der Waals surface area contributed by atoms with Gasteiger partial charge in [-0.15, -0.1) is 0 Å². The fourth-order valence-corrected chi connectivity index (χ4v) is 4.68. The lowest BCUT2D eigenvalue weighted by molar-refractivity contribution is -0.134. The maximum absolute atomic E-state index is 13.0. The Kier molecular flexibility index (Phi) is 10.9. The Morgan fingerprint density at radius 2 is 1.97 bits per heavy atom. The number of fused-ring (bicyclic) bond motifs is 3. The predicted octanol–water partition coefficient (Wildman–Crippen LogP) is 4.55. The Labute approximate surface area is 184 Å². The van der Waals surface area contributed by atoms with E-state index in [1.165, 1.54) is 18.5 Å². The van der Waals surface area contributed by atoms with Crippen molar-refractivity contribution in [3.8, 4) is 0 Å². The number of aliphatic carboxylic acids is 1. The number of unbranched alkanes of at least 4 members (excludes halogenated alkanes) is 2. The van der Waals surface area contributed by atoms with E-state index in [4.69, 9.17) is 9.90 Å². The molecule has 0 amide bonds. The number of carboxylic acids is 1. The fourth-order valence-electron chi connectivity index (χ4n) is 3.40. The topological polar surface area (TPSA) is 87.8 Å². The average molecular weight is 437 g/mol. The third kappa shape index (κ3) is 6.45. The number of aliphatic imine (C=N–C) groups is 1. The van der Waals surface area contributed by atoms with Crippen LogP contribution in [0.5, 0.6) is 0 Å². The largest absolute Gasteiger partial charge is 0.481 e. The van der Waals surface area contributed by atoms with Crippen molar-refractivity contribution in [1.82, 2.24) is 14.5 Å². The maximum Gasteiger partial charge on any atom is 0.300 e.